The van der Waals surface area contributed by atoms with E-state index in [1.807, 2.05) is 12.1 Å². The topological polar surface area (TPSA) is 37.4 Å². The van der Waals surface area contributed by atoms with E-state index in [2.05, 4.69) is 28.1 Å². The molecule has 0 amide bonds. The van der Waals surface area contributed by atoms with Gasteiger partial charge in [-0.15, -0.1) is 11.3 Å². The van der Waals surface area contributed by atoms with E-state index in [0.29, 0.717) is 8.68 Å². The second-order valence-corrected chi connectivity index (χ2v) is 9.15. The van der Waals surface area contributed by atoms with E-state index in [1.54, 1.807) is 18.5 Å². The summed E-state index contributed by atoms with van der Waals surface area (Å²) < 4.78 is 28.2. The van der Waals surface area contributed by atoms with Gasteiger partial charge in [0.25, 0.3) is 10.0 Å². The van der Waals surface area contributed by atoms with Gasteiger partial charge in [0.15, 0.2) is 0 Å². The molecule has 0 saturated heterocycles. The SMILES string of the molecule is CN(C1CCCc2ccccc21)S(=O)(=O)c1sccc1Br. The first-order valence-electron chi connectivity index (χ1n) is 6.80. The van der Waals surface area contributed by atoms with Crippen molar-refractivity contribution in [1.82, 2.24) is 4.31 Å². The van der Waals surface area contributed by atoms with Gasteiger partial charge in [0, 0.05) is 11.5 Å². The number of sulfonamides is 1. The van der Waals surface area contributed by atoms with Crippen LogP contribution in [-0.4, -0.2) is 19.8 Å². The van der Waals surface area contributed by atoms with Gasteiger partial charge in [-0.3, -0.25) is 0 Å². The van der Waals surface area contributed by atoms with Crippen molar-refractivity contribution in [2.45, 2.75) is 29.5 Å². The first-order valence-corrected chi connectivity index (χ1v) is 9.92. The highest BCUT2D eigenvalue weighted by Gasteiger charge is 2.33. The van der Waals surface area contributed by atoms with Crippen molar-refractivity contribution in [2.24, 2.45) is 0 Å². The van der Waals surface area contributed by atoms with Gasteiger partial charge in [0.05, 0.1) is 6.04 Å². The van der Waals surface area contributed by atoms with Gasteiger partial charge in [-0.2, -0.15) is 4.31 Å². The number of hydrogen-bond acceptors (Lipinski definition) is 3. The Balaban J connectivity index is 2.00. The highest BCUT2D eigenvalue weighted by molar-refractivity contribution is 9.10. The zero-order chi connectivity index (χ0) is 15.0. The van der Waals surface area contributed by atoms with E-state index < -0.39 is 10.0 Å². The zero-order valence-corrected chi connectivity index (χ0v) is 14.8. The molecule has 0 saturated carbocycles. The lowest BCUT2D eigenvalue weighted by molar-refractivity contribution is 0.338. The number of nitrogens with zero attached hydrogens (tertiary/aromatic N) is 1. The van der Waals surface area contributed by atoms with E-state index in [-0.39, 0.29) is 6.04 Å². The van der Waals surface area contributed by atoms with Gasteiger partial charge in [-0.1, -0.05) is 24.3 Å². The van der Waals surface area contributed by atoms with Crippen LogP contribution in [0.15, 0.2) is 44.4 Å². The summed E-state index contributed by atoms with van der Waals surface area (Å²) in [5.41, 5.74) is 2.41. The molecule has 1 aliphatic carbocycles. The smallest absolute Gasteiger partial charge is 0.206 e. The molecule has 1 aromatic heterocycles. The van der Waals surface area contributed by atoms with E-state index in [9.17, 15) is 8.42 Å². The zero-order valence-electron chi connectivity index (χ0n) is 11.6. The molecule has 1 heterocycles. The fourth-order valence-corrected chi connectivity index (χ4v) is 6.71. The Labute approximate surface area is 137 Å². The van der Waals surface area contributed by atoms with E-state index in [0.717, 1.165) is 24.8 Å². The molecule has 0 fully saturated rings. The van der Waals surface area contributed by atoms with Crippen LogP contribution in [0.5, 0.6) is 0 Å². The number of aryl methyl sites for hydroxylation is 1. The number of fused-ring (bicyclic) bond motifs is 1. The molecule has 1 aromatic carbocycles. The second kappa shape index (κ2) is 5.83. The van der Waals surface area contributed by atoms with Crippen molar-refractivity contribution in [2.75, 3.05) is 7.05 Å². The summed E-state index contributed by atoms with van der Waals surface area (Å²) >= 11 is 4.58. The van der Waals surface area contributed by atoms with Crippen LogP contribution < -0.4 is 0 Å². The normalized spacial score (nSPS) is 18.7. The maximum atomic E-state index is 12.8. The highest BCUT2D eigenvalue weighted by atomic mass is 79.9. The molecule has 6 heteroatoms. The van der Waals surface area contributed by atoms with Gasteiger partial charge >= 0.3 is 0 Å². The number of hydrogen-bond donors (Lipinski definition) is 0. The molecule has 0 aliphatic heterocycles. The molecule has 0 spiro atoms. The predicted octanol–water partition coefficient (Wildman–Crippen LogP) is 4.21. The number of rotatable bonds is 3. The summed E-state index contributed by atoms with van der Waals surface area (Å²) in [5.74, 6) is 0. The predicted molar refractivity (Wildman–Crippen MR) is 89.1 cm³/mol. The first kappa shape index (κ1) is 15.2. The van der Waals surface area contributed by atoms with Crippen LogP contribution in [0.25, 0.3) is 0 Å². The second-order valence-electron chi connectivity index (χ2n) is 5.18. The van der Waals surface area contributed by atoms with Gasteiger partial charge in [-0.25, -0.2) is 8.42 Å². The minimum atomic E-state index is -3.46. The molecular weight excluding hydrogens is 370 g/mol. The molecule has 0 bridgehead atoms. The van der Waals surface area contributed by atoms with Crippen LogP contribution >= 0.6 is 27.3 Å². The van der Waals surface area contributed by atoms with Gasteiger partial charge in [0.1, 0.15) is 4.21 Å². The number of benzene rings is 1. The minimum Gasteiger partial charge on any atom is -0.206 e. The first-order chi connectivity index (χ1) is 10.0. The van der Waals surface area contributed by atoms with Crippen LogP contribution in [-0.2, 0) is 16.4 Å². The minimum absolute atomic E-state index is 0.0750. The molecule has 21 heavy (non-hydrogen) atoms. The third kappa shape index (κ3) is 2.70. The molecule has 1 atom stereocenters. The third-order valence-electron chi connectivity index (χ3n) is 3.97. The lowest BCUT2D eigenvalue weighted by Gasteiger charge is -2.32. The quantitative estimate of drug-likeness (QED) is 0.793. The Bertz CT molecular complexity index is 755. The van der Waals surface area contributed by atoms with Crippen LogP contribution in [0.3, 0.4) is 0 Å². The number of thiophene rings is 1. The Morgan fingerprint density at radius 1 is 1.29 bits per heavy atom. The Morgan fingerprint density at radius 2 is 2.05 bits per heavy atom. The van der Waals surface area contributed by atoms with Crippen molar-refractivity contribution < 1.29 is 8.42 Å². The summed E-state index contributed by atoms with van der Waals surface area (Å²) in [6, 6.07) is 9.86. The molecule has 2 aromatic rings. The monoisotopic (exact) mass is 385 g/mol. The Hall–Kier alpha value is -0.690. The maximum absolute atomic E-state index is 12.8. The molecule has 1 aliphatic rings. The third-order valence-corrected chi connectivity index (χ3v) is 8.49. The van der Waals surface area contributed by atoms with Gasteiger partial charge < -0.3 is 0 Å². The van der Waals surface area contributed by atoms with Crippen molar-refractivity contribution in [1.29, 1.82) is 0 Å². The molecule has 0 radical (unpaired) electrons. The molecule has 3 nitrogen and oxygen atoms in total. The molecule has 112 valence electrons. The summed E-state index contributed by atoms with van der Waals surface area (Å²) in [6.07, 6.45) is 2.92. The Morgan fingerprint density at radius 3 is 2.76 bits per heavy atom. The Kier molecular flexibility index (Phi) is 4.23. The van der Waals surface area contributed by atoms with Gasteiger partial charge in [-0.05, 0) is 57.8 Å². The largest absolute Gasteiger partial charge is 0.254 e. The van der Waals surface area contributed by atoms with Crippen LogP contribution in [0, 0.1) is 0 Å². The van der Waals surface area contributed by atoms with Crippen molar-refractivity contribution in [3.05, 3.63) is 51.3 Å². The van der Waals surface area contributed by atoms with E-state index >= 15 is 0 Å². The highest BCUT2D eigenvalue weighted by Crippen LogP contribution is 2.38. The fourth-order valence-electron chi connectivity index (χ4n) is 2.87. The summed E-state index contributed by atoms with van der Waals surface area (Å²) in [5, 5.41) is 1.79. The van der Waals surface area contributed by atoms with Gasteiger partial charge in [0.2, 0.25) is 0 Å². The average Bonchev–Trinajstić information content (AvgIpc) is 2.93. The maximum Gasteiger partial charge on any atom is 0.254 e. The average molecular weight is 386 g/mol. The van der Waals surface area contributed by atoms with Crippen molar-refractivity contribution >= 4 is 37.3 Å². The molecule has 0 N–H and O–H groups in total. The molecular formula is C15H16BrNO2S2. The molecule has 1 unspecified atom stereocenters. The molecule has 3 rings (SSSR count). The summed E-state index contributed by atoms with van der Waals surface area (Å²) in [4.78, 5) is 0. The van der Waals surface area contributed by atoms with Crippen LogP contribution in [0.1, 0.15) is 30.0 Å². The lowest BCUT2D eigenvalue weighted by Crippen LogP contribution is -2.33. The van der Waals surface area contributed by atoms with Crippen molar-refractivity contribution in [3.8, 4) is 0 Å². The van der Waals surface area contributed by atoms with Crippen LogP contribution in [0.2, 0.25) is 0 Å². The van der Waals surface area contributed by atoms with Crippen molar-refractivity contribution in [3.63, 3.8) is 0 Å². The summed E-state index contributed by atoms with van der Waals surface area (Å²) in [7, 11) is -1.77. The number of halogens is 1. The fraction of sp³-hybridized carbons (Fsp3) is 0.333. The van der Waals surface area contributed by atoms with E-state index in [1.165, 1.54) is 21.2 Å². The van der Waals surface area contributed by atoms with E-state index in [4.69, 9.17) is 0 Å². The van der Waals surface area contributed by atoms with Crippen LogP contribution in [0.4, 0.5) is 0 Å². The standard InChI is InChI=1S/C15H16BrNO2S2/c1-17(21(18,19)15-13(16)9-10-20-15)14-8-4-6-11-5-2-3-7-12(11)14/h2-3,5,7,9-10,14H,4,6,8H2,1H3. The summed E-state index contributed by atoms with van der Waals surface area (Å²) in [6.45, 7) is 0. The lowest BCUT2D eigenvalue weighted by atomic mass is 9.88.